The molecular weight excluding hydrogens is 294 g/mol. The maximum absolute atomic E-state index is 6.01. The Hall–Kier alpha value is -1.22. The number of nitrogens with two attached hydrogens (primary N) is 1. The molecule has 3 heteroatoms. The van der Waals surface area contributed by atoms with Gasteiger partial charge in [0.25, 0.3) is 0 Å². The van der Waals surface area contributed by atoms with Gasteiger partial charge in [0.05, 0.1) is 0 Å². The van der Waals surface area contributed by atoms with E-state index in [0.717, 1.165) is 12.5 Å². The number of anilines is 2. The van der Waals surface area contributed by atoms with Crippen LogP contribution in [-0.4, -0.2) is 25.7 Å². The quantitative estimate of drug-likeness (QED) is 0.851. The summed E-state index contributed by atoms with van der Waals surface area (Å²) in [4.78, 5) is 2.55. The number of rotatable bonds is 4. The molecule has 2 fully saturated rings. The number of hydrogen-bond acceptors (Lipinski definition) is 3. The molecule has 1 aliphatic heterocycles. The van der Waals surface area contributed by atoms with Gasteiger partial charge in [-0.1, -0.05) is 13.8 Å². The molecule has 1 aromatic carbocycles. The average Bonchev–Trinajstić information content (AvgIpc) is 2.55. The molecule has 134 valence electrons. The normalized spacial score (nSPS) is 27.1. The van der Waals surface area contributed by atoms with Gasteiger partial charge in [0.1, 0.15) is 0 Å². The predicted octanol–water partition coefficient (Wildman–Crippen LogP) is 4.55. The van der Waals surface area contributed by atoms with E-state index in [2.05, 4.69) is 49.2 Å². The van der Waals surface area contributed by atoms with E-state index in [4.69, 9.17) is 5.73 Å². The maximum atomic E-state index is 6.01. The predicted molar refractivity (Wildman–Crippen MR) is 105 cm³/mol. The highest BCUT2D eigenvalue weighted by Crippen LogP contribution is 2.33. The minimum absolute atomic E-state index is 0.441. The van der Waals surface area contributed by atoms with E-state index in [1.807, 2.05) is 0 Å². The zero-order chi connectivity index (χ0) is 17.2. The van der Waals surface area contributed by atoms with Crippen molar-refractivity contribution in [2.45, 2.75) is 65.3 Å². The largest absolute Gasteiger partial charge is 0.385 e. The van der Waals surface area contributed by atoms with E-state index in [1.54, 1.807) is 0 Å². The van der Waals surface area contributed by atoms with Crippen molar-refractivity contribution in [3.8, 4) is 0 Å². The summed E-state index contributed by atoms with van der Waals surface area (Å²) < 4.78 is 0. The van der Waals surface area contributed by atoms with E-state index in [9.17, 15) is 0 Å². The second-order valence-electron chi connectivity index (χ2n) is 8.81. The summed E-state index contributed by atoms with van der Waals surface area (Å²) in [5.74, 6) is 0.785. The molecule has 0 aromatic heterocycles. The molecule has 0 bridgehead atoms. The van der Waals surface area contributed by atoms with Gasteiger partial charge < -0.3 is 16.0 Å². The first kappa shape index (κ1) is 17.6. The molecule has 0 unspecified atom stereocenters. The van der Waals surface area contributed by atoms with Gasteiger partial charge in [-0.2, -0.15) is 0 Å². The second-order valence-corrected chi connectivity index (χ2v) is 8.81. The highest BCUT2D eigenvalue weighted by molar-refractivity contribution is 5.60. The van der Waals surface area contributed by atoms with Crippen LogP contribution >= 0.6 is 0 Å². The molecule has 1 aromatic rings. The van der Waals surface area contributed by atoms with Crippen molar-refractivity contribution < 1.29 is 0 Å². The molecule has 1 saturated heterocycles. The number of benzene rings is 1. The zero-order valence-electron chi connectivity index (χ0n) is 15.8. The van der Waals surface area contributed by atoms with Crippen molar-refractivity contribution >= 4 is 11.4 Å². The monoisotopic (exact) mass is 329 g/mol. The first-order valence-corrected chi connectivity index (χ1v) is 9.78. The lowest BCUT2D eigenvalue weighted by Crippen LogP contribution is -2.37. The molecule has 3 nitrogen and oxygen atoms in total. The van der Waals surface area contributed by atoms with Crippen molar-refractivity contribution in [3.05, 3.63) is 23.8 Å². The summed E-state index contributed by atoms with van der Waals surface area (Å²) in [5.41, 5.74) is 10.6. The van der Waals surface area contributed by atoms with E-state index in [-0.39, 0.29) is 0 Å². The summed E-state index contributed by atoms with van der Waals surface area (Å²) in [6, 6.07) is 7.37. The van der Waals surface area contributed by atoms with Crippen LogP contribution < -0.4 is 16.0 Å². The fourth-order valence-electron chi connectivity index (χ4n) is 4.06. The lowest BCUT2D eigenvalue weighted by atomic mass is 9.82. The van der Waals surface area contributed by atoms with E-state index < -0.39 is 0 Å². The molecule has 1 aliphatic carbocycles. The second kappa shape index (κ2) is 7.35. The van der Waals surface area contributed by atoms with Crippen molar-refractivity contribution in [2.24, 2.45) is 17.1 Å². The number of nitrogens with zero attached hydrogens (tertiary/aromatic N) is 1. The van der Waals surface area contributed by atoms with Crippen LogP contribution in [0.15, 0.2) is 18.2 Å². The van der Waals surface area contributed by atoms with Crippen molar-refractivity contribution in [1.29, 1.82) is 0 Å². The van der Waals surface area contributed by atoms with Gasteiger partial charge in [-0.3, -0.25) is 0 Å². The third-order valence-electron chi connectivity index (χ3n) is 6.16. The molecule has 0 amide bonds. The van der Waals surface area contributed by atoms with Crippen LogP contribution in [0, 0.1) is 18.3 Å². The minimum Gasteiger partial charge on any atom is -0.385 e. The standard InChI is InChI=1S/C21H35N3/c1-16-14-19(24-12-10-21(2,3)11-13-24)8-9-20(16)23-15-17-4-6-18(22)7-5-17/h8-9,14,17-18,23H,4-7,10-13,15,22H2,1-3H3/t17-,18-. The lowest BCUT2D eigenvalue weighted by Gasteiger charge is -2.38. The van der Waals surface area contributed by atoms with Crippen LogP contribution in [0.4, 0.5) is 11.4 Å². The van der Waals surface area contributed by atoms with Gasteiger partial charge in [0.15, 0.2) is 0 Å². The molecule has 3 N–H and O–H groups in total. The van der Waals surface area contributed by atoms with E-state index in [1.165, 1.54) is 68.6 Å². The Kier molecular flexibility index (Phi) is 5.39. The highest BCUT2D eigenvalue weighted by Gasteiger charge is 2.25. The Bertz CT molecular complexity index is 534. The van der Waals surface area contributed by atoms with Gasteiger partial charge in [0, 0.05) is 37.1 Å². The molecule has 1 heterocycles. The third kappa shape index (κ3) is 4.44. The summed E-state index contributed by atoms with van der Waals surface area (Å²) in [5, 5.41) is 3.68. The lowest BCUT2D eigenvalue weighted by molar-refractivity contribution is 0.280. The molecule has 0 atom stereocenters. The van der Waals surface area contributed by atoms with Gasteiger partial charge in [0.2, 0.25) is 0 Å². The summed E-state index contributed by atoms with van der Waals surface area (Å²) >= 11 is 0. The van der Waals surface area contributed by atoms with Gasteiger partial charge in [-0.15, -0.1) is 0 Å². The molecule has 3 rings (SSSR count). The Morgan fingerprint density at radius 3 is 2.42 bits per heavy atom. The number of aryl methyl sites for hydroxylation is 1. The van der Waals surface area contributed by atoms with E-state index >= 15 is 0 Å². The Morgan fingerprint density at radius 2 is 1.79 bits per heavy atom. The van der Waals surface area contributed by atoms with Crippen LogP contribution in [0.1, 0.15) is 57.9 Å². The zero-order valence-corrected chi connectivity index (χ0v) is 15.8. The average molecular weight is 330 g/mol. The SMILES string of the molecule is Cc1cc(N2CCC(C)(C)CC2)ccc1NC[C@H]1CC[C@H](N)CC1. The molecule has 0 radical (unpaired) electrons. The minimum atomic E-state index is 0.441. The van der Waals surface area contributed by atoms with Crippen molar-refractivity contribution in [2.75, 3.05) is 29.9 Å². The first-order chi connectivity index (χ1) is 11.4. The fraction of sp³-hybridized carbons (Fsp3) is 0.714. The van der Waals surface area contributed by atoms with Crippen LogP contribution in [0.25, 0.3) is 0 Å². The van der Waals surface area contributed by atoms with Crippen LogP contribution in [0.5, 0.6) is 0 Å². The third-order valence-corrected chi connectivity index (χ3v) is 6.16. The van der Waals surface area contributed by atoms with Gasteiger partial charge in [-0.25, -0.2) is 0 Å². The molecular formula is C21H35N3. The van der Waals surface area contributed by atoms with Crippen LogP contribution in [0.2, 0.25) is 0 Å². The summed E-state index contributed by atoms with van der Waals surface area (Å²) in [6.45, 7) is 10.5. The molecule has 1 saturated carbocycles. The summed E-state index contributed by atoms with van der Waals surface area (Å²) in [7, 11) is 0. The smallest absolute Gasteiger partial charge is 0.0371 e. The summed E-state index contributed by atoms with van der Waals surface area (Å²) in [6.07, 6.45) is 7.50. The van der Waals surface area contributed by atoms with E-state index in [0.29, 0.717) is 11.5 Å². The van der Waals surface area contributed by atoms with Crippen LogP contribution in [-0.2, 0) is 0 Å². The van der Waals surface area contributed by atoms with Gasteiger partial charge >= 0.3 is 0 Å². The molecule has 24 heavy (non-hydrogen) atoms. The van der Waals surface area contributed by atoms with Crippen molar-refractivity contribution in [3.63, 3.8) is 0 Å². The molecule has 2 aliphatic rings. The topological polar surface area (TPSA) is 41.3 Å². The fourth-order valence-corrected chi connectivity index (χ4v) is 4.06. The van der Waals surface area contributed by atoms with Crippen molar-refractivity contribution in [1.82, 2.24) is 0 Å². The first-order valence-electron chi connectivity index (χ1n) is 9.78. The Morgan fingerprint density at radius 1 is 1.12 bits per heavy atom. The Labute approximate surface area is 148 Å². The van der Waals surface area contributed by atoms with Gasteiger partial charge in [-0.05, 0) is 80.5 Å². The maximum Gasteiger partial charge on any atom is 0.0371 e. The number of hydrogen-bond donors (Lipinski definition) is 2. The number of nitrogens with one attached hydrogen (secondary N) is 1. The number of piperidine rings is 1. The molecule has 0 spiro atoms. The highest BCUT2D eigenvalue weighted by atomic mass is 15.1. The van der Waals surface area contributed by atoms with Crippen LogP contribution in [0.3, 0.4) is 0 Å². The Balaban J connectivity index is 1.55.